The van der Waals surface area contributed by atoms with Crippen molar-refractivity contribution >= 4 is 34.1 Å². The number of benzene rings is 1. The highest BCUT2D eigenvalue weighted by molar-refractivity contribution is 6.37. The lowest BCUT2D eigenvalue weighted by molar-refractivity contribution is -0.119. The number of nitrogens with zero attached hydrogens (tertiary/aromatic N) is 2. The Morgan fingerprint density at radius 2 is 1.90 bits per heavy atom. The van der Waals surface area contributed by atoms with Crippen LogP contribution in [0.4, 0.5) is 0 Å². The zero-order valence-electron chi connectivity index (χ0n) is 17.7. The number of rotatable bonds is 5. The van der Waals surface area contributed by atoms with Crippen molar-refractivity contribution in [1.29, 1.82) is 0 Å². The molecule has 0 spiro atoms. The largest absolute Gasteiger partial charge is 0.469 e. The highest BCUT2D eigenvalue weighted by Crippen LogP contribution is 2.34. The van der Waals surface area contributed by atoms with Crippen LogP contribution >= 0.6 is 23.2 Å². The summed E-state index contributed by atoms with van der Waals surface area (Å²) in [6.07, 6.45) is 2.16. The summed E-state index contributed by atoms with van der Waals surface area (Å²) < 4.78 is 18.9. The van der Waals surface area contributed by atoms with Crippen molar-refractivity contribution in [2.45, 2.75) is 39.9 Å². The molecule has 0 saturated heterocycles. The lowest BCUT2D eigenvalue weighted by Gasteiger charge is -2.20. The minimum absolute atomic E-state index is 0.0822. The van der Waals surface area contributed by atoms with Gasteiger partial charge in [-0.3, -0.25) is 4.79 Å². The highest BCUT2D eigenvalue weighted by atomic mass is 35.5. The lowest BCUT2D eigenvalue weighted by atomic mass is 10.1. The molecule has 0 bridgehead atoms. The van der Waals surface area contributed by atoms with Gasteiger partial charge in [0.25, 0.3) is 0 Å². The second-order valence-corrected chi connectivity index (χ2v) is 8.53. The molecule has 162 valence electrons. The summed E-state index contributed by atoms with van der Waals surface area (Å²) >= 11 is 13.0. The zero-order valence-corrected chi connectivity index (χ0v) is 19.2. The van der Waals surface area contributed by atoms with Gasteiger partial charge in [-0.15, -0.1) is 0 Å². The molecule has 6 nitrogen and oxygen atoms in total. The minimum Gasteiger partial charge on any atom is -0.469 e. The lowest BCUT2D eigenvalue weighted by Crippen LogP contribution is -2.21. The summed E-state index contributed by atoms with van der Waals surface area (Å²) in [4.78, 5) is 17.6. The fourth-order valence-corrected chi connectivity index (χ4v) is 4.11. The van der Waals surface area contributed by atoms with Gasteiger partial charge in [-0.25, -0.2) is 4.98 Å². The second-order valence-electron chi connectivity index (χ2n) is 7.71. The van der Waals surface area contributed by atoms with E-state index in [1.54, 1.807) is 32.0 Å². The van der Waals surface area contributed by atoms with Crippen LogP contribution in [0.5, 0.6) is 5.88 Å². The molecule has 3 aromatic rings. The van der Waals surface area contributed by atoms with Gasteiger partial charge in [0.05, 0.1) is 21.2 Å². The van der Waals surface area contributed by atoms with Crippen LogP contribution in [0, 0.1) is 6.92 Å². The number of aromatic nitrogens is 2. The number of hydrogen-bond donors (Lipinski definition) is 0. The van der Waals surface area contributed by atoms with E-state index in [2.05, 4.69) is 4.98 Å². The van der Waals surface area contributed by atoms with E-state index in [1.807, 2.05) is 24.5 Å². The quantitative estimate of drug-likeness (QED) is 0.498. The molecule has 0 atom stereocenters. The monoisotopic (exact) mass is 460 g/mol. The first kappa shape index (κ1) is 21.5. The molecule has 3 heterocycles. The first-order chi connectivity index (χ1) is 14.7. The van der Waals surface area contributed by atoms with Crippen LogP contribution < -0.4 is 10.2 Å². The first-order valence-electron chi connectivity index (χ1n) is 9.89. The fourth-order valence-electron chi connectivity index (χ4n) is 3.54. The zero-order chi connectivity index (χ0) is 22.3. The third-order valence-electron chi connectivity index (χ3n) is 4.92. The van der Waals surface area contributed by atoms with Crippen LogP contribution in [0.15, 0.2) is 47.1 Å². The maximum absolute atomic E-state index is 13.0. The molecule has 0 unspecified atom stereocenters. The van der Waals surface area contributed by atoms with Crippen molar-refractivity contribution in [3.05, 3.63) is 74.0 Å². The molecule has 0 saturated carbocycles. The molecule has 0 aliphatic carbocycles. The van der Waals surface area contributed by atoms with Gasteiger partial charge in [0.2, 0.25) is 11.7 Å². The molecule has 31 heavy (non-hydrogen) atoms. The van der Waals surface area contributed by atoms with Crippen molar-refractivity contribution in [2.75, 3.05) is 6.61 Å². The van der Waals surface area contributed by atoms with Crippen LogP contribution in [-0.2, 0) is 15.9 Å². The van der Waals surface area contributed by atoms with Crippen molar-refractivity contribution in [2.24, 2.45) is 0 Å². The summed E-state index contributed by atoms with van der Waals surface area (Å²) in [5.74, 6) is -0.00157. The second kappa shape index (κ2) is 8.09. The number of hydrogen-bond acceptors (Lipinski definition) is 5. The molecule has 2 aromatic heterocycles. The summed E-state index contributed by atoms with van der Waals surface area (Å²) in [5, 5.41) is 1.29. The fraction of sp³-hybridized carbons (Fsp3) is 0.304. The average Bonchev–Trinajstić information content (AvgIpc) is 3.06. The van der Waals surface area contributed by atoms with Gasteiger partial charge in [-0.2, -0.15) is 0 Å². The molecule has 1 aliphatic heterocycles. The SMILES string of the molecule is CCc1cc2c(c(OCC3=COC(C)(C)O3)n1)c(=O)cc(C)n2-c1c(Cl)cccc1Cl. The average molecular weight is 461 g/mol. The van der Waals surface area contributed by atoms with Gasteiger partial charge in [0.15, 0.2) is 17.8 Å². The van der Waals surface area contributed by atoms with Gasteiger partial charge in [-0.1, -0.05) is 36.2 Å². The normalized spacial score (nSPS) is 14.8. The maximum atomic E-state index is 13.0. The Balaban J connectivity index is 1.90. The Morgan fingerprint density at radius 3 is 2.52 bits per heavy atom. The molecule has 1 aliphatic rings. The van der Waals surface area contributed by atoms with Gasteiger partial charge >= 0.3 is 0 Å². The van der Waals surface area contributed by atoms with Crippen molar-refractivity contribution in [3.63, 3.8) is 0 Å². The molecule has 0 fully saturated rings. The highest BCUT2D eigenvalue weighted by Gasteiger charge is 2.28. The van der Waals surface area contributed by atoms with E-state index in [4.69, 9.17) is 37.4 Å². The first-order valence-corrected chi connectivity index (χ1v) is 10.6. The standard InChI is InChI=1S/C23H22Cl2N2O4/c1-5-14-10-18-20(22(26-14)29-11-15-12-30-23(3,4)31-15)19(28)9-13(2)27(18)21-16(24)7-6-8-17(21)25/h6-10,12H,5,11H2,1-4H3. The predicted octanol–water partition coefficient (Wildman–Crippen LogP) is 5.57. The van der Waals surface area contributed by atoms with Crippen molar-refractivity contribution in [3.8, 4) is 11.6 Å². The summed E-state index contributed by atoms with van der Waals surface area (Å²) in [6, 6.07) is 8.70. The number of pyridine rings is 2. The Kier molecular flexibility index (Phi) is 5.62. The van der Waals surface area contributed by atoms with E-state index in [9.17, 15) is 4.79 Å². The predicted molar refractivity (Wildman–Crippen MR) is 121 cm³/mol. The van der Waals surface area contributed by atoms with Crippen LogP contribution in [0.25, 0.3) is 16.6 Å². The van der Waals surface area contributed by atoms with Crippen LogP contribution in [0.1, 0.15) is 32.2 Å². The smallest absolute Gasteiger partial charge is 0.244 e. The van der Waals surface area contributed by atoms with Gasteiger partial charge in [0.1, 0.15) is 11.6 Å². The topological polar surface area (TPSA) is 62.6 Å². The van der Waals surface area contributed by atoms with Crippen molar-refractivity contribution in [1.82, 2.24) is 9.55 Å². The van der Waals surface area contributed by atoms with E-state index in [0.29, 0.717) is 44.5 Å². The van der Waals surface area contributed by atoms with Crippen LogP contribution in [0.2, 0.25) is 10.0 Å². The Bertz CT molecular complexity index is 1240. The van der Waals surface area contributed by atoms with E-state index >= 15 is 0 Å². The van der Waals surface area contributed by atoms with E-state index in [-0.39, 0.29) is 17.9 Å². The number of ether oxygens (including phenoxy) is 3. The van der Waals surface area contributed by atoms with E-state index in [0.717, 1.165) is 5.69 Å². The van der Waals surface area contributed by atoms with Gasteiger partial charge in [0, 0.05) is 31.3 Å². The molecule has 1 aromatic carbocycles. The Labute approximate surface area is 190 Å². The maximum Gasteiger partial charge on any atom is 0.244 e. The Hall–Kier alpha value is -2.70. The number of fused-ring (bicyclic) bond motifs is 1. The minimum atomic E-state index is -0.746. The molecule has 0 N–H and O–H groups in total. The third kappa shape index (κ3) is 4.10. The molecular weight excluding hydrogens is 439 g/mol. The van der Waals surface area contributed by atoms with Gasteiger partial charge in [-0.05, 0) is 31.5 Å². The summed E-state index contributed by atoms with van der Waals surface area (Å²) in [7, 11) is 0. The molecule has 4 rings (SSSR count). The summed E-state index contributed by atoms with van der Waals surface area (Å²) in [6.45, 7) is 7.51. The molecule has 8 heteroatoms. The molecular formula is C23H22Cl2N2O4. The number of halogens is 2. The number of para-hydroxylation sites is 1. The van der Waals surface area contributed by atoms with Crippen LogP contribution in [-0.4, -0.2) is 21.9 Å². The van der Waals surface area contributed by atoms with E-state index < -0.39 is 5.79 Å². The Morgan fingerprint density at radius 1 is 1.19 bits per heavy atom. The third-order valence-corrected chi connectivity index (χ3v) is 5.53. The molecule has 0 amide bonds. The van der Waals surface area contributed by atoms with Gasteiger partial charge < -0.3 is 18.8 Å². The summed E-state index contributed by atoms with van der Waals surface area (Å²) in [5.41, 5.74) is 2.49. The van der Waals surface area contributed by atoms with E-state index in [1.165, 1.54) is 12.3 Å². The number of aryl methyl sites for hydroxylation is 2. The van der Waals surface area contributed by atoms with Crippen molar-refractivity contribution < 1.29 is 14.2 Å². The van der Waals surface area contributed by atoms with Crippen LogP contribution in [0.3, 0.4) is 0 Å². The molecule has 0 radical (unpaired) electrons.